The number of carbonyl (C=O) groups is 1. The topological polar surface area (TPSA) is 91.9 Å². The fourth-order valence-corrected chi connectivity index (χ4v) is 3.22. The summed E-state index contributed by atoms with van der Waals surface area (Å²) in [6, 6.07) is 13.2. The smallest absolute Gasteiger partial charge is 0.272 e. The van der Waals surface area contributed by atoms with Crippen LogP contribution in [0.5, 0.6) is 5.75 Å². The van der Waals surface area contributed by atoms with Crippen LogP contribution in [0.25, 0.3) is 22.0 Å². The van der Waals surface area contributed by atoms with E-state index < -0.39 is 0 Å². The molecule has 3 N–H and O–H groups in total. The highest BCUT2D eigenvalue weighted by molar-refractivity contribution is 6.03. The van der Waals surface area contributed by atoms with Crippen molar-refractivity contribution in [2.24, 2.45) is 0 Å². The molecule has 7 nitrogen and oxygen atoms in total. The van der Waals surface area contributed by atoms with Crippen LogP contribution in [0.1, 0.15) is 16.1 Å². The van der Waals surface area contributed by atoms with Gasteiger partial charge in [0.05, 0.1) is 12.6 Å². The van der Waals surface area contributed by atoms with Crippen molar-refractivity contribution in [2.45, 2.75) is 6.92 Å². The van der Waals surface area contributed by atoms with Crippen molar-refractivity contribution in [3.8, 4) is 16.9 Å². The predicted molar refractivity (Wildman–Crippen MR) is 115 cm³/mol. The van der Waals surface area contributed by atoms with E-state index in [0.29, 0.717) is 23.1 Å². The molecule has 0 aliphatic carbocycles. The van der Waals surface area contributed by atoms with Crippen molar-refractivity contribution in [1.29, 1.82) is 0 Å². The molecule has 0 bridgehead atoms. The molecule has 0 saturated carbocycles. The summed E-state index contributed by atoms with van der Waals surface area (Å²) in [6.45, 7) is 2.02. The van der Waals surface area contributed by atoms with E-state index in [1.54, 1.807) is 38.7 Å². The van der Waals surface area contributed by atoms with Crippen LogP contribution in [0.2, 0.25) is 0 Å². The summed E-state index contributed by atoms with van der Waals surface area (Å²) >= 11 is 0. The number of aromatic amines is 1. The van der Waals surface area contributed by atoms with Crippen molar-refractivity contribution < 1.29 is 9.53 Å². The normalized spacial score (nSPS) is 10.7. The minimum Gasteiger partial charge on any atom is -0.496 e. The summed E-state index contributed by atoms with van der Waals surface area (Å²) < 4.78 is 5.64. The number of ether oxygens (including phenoxy) is 1. The number of hydrogen-bond acceptors (Lipinski definition) is 5. The molecule has 4 aromatic rings. The van der Waals surface area contributed by atoms with Gasteiger partial charge < -0.3 is 20.4 Å². The molecule has 0 unspecified atom stereocenters. The lowest BCUT2D eigenvalue weighted by Crippen LogP contribution is -2.12. The molecular formula is C22H21N5O2. The van der Waals surface area contributed by atoms with Crippen molar-refractivity contribution in [1.82, 2.24) is 15.0 Å². The zero-order chi connectivity index (χ0) is 20.4. The van der Waals surface area contributed by atoms with Gasteiger partial charge in [0.25, 0.3) is 5.91 Å². The third-order valence-corrected chi connectivity index (χ3v) is 4.75. The van der Waals surface area contributed by atoms with Gasteiger partial charge in [-0.15, -0.1) is 0 Å². The molecule has 0 saturated heterocycles. The summed E-state index contributed by atoms with van der Waals surface area (Å²) in [4.78, 5) is 24.1. The highest BCUT2D eigenvalue weighted by atomic mass is 16.5. The number of anilines is 2. The van der Waals surface area contributed by atoms with Crippen molar-refractivity contribution in [3.05, 3.63) is 66.1 Å². The minimum absolute atomic E-state index is 0.191. The first-order valence-corrected chi connectivity index (χ1v) is 9.17. The Morgan fingerprint density at radius 1 is 1.14 bits per heavy atom. The lowest BCUT2D eigenvalue weighted by atomic mass is 9.97. The Morgan fingerprint density at radius 3 is 2.72 bits per heavy atom. The number of fused-ring (bicyclic) bond motifs is 1. The van der Waals surface area contributed by atoms with E-state index in [9.17, 15) is 4.79 Å². The zero-order valence-corrected chi connectivity index (χ0v) is 16.4. The van der Waals surface area contributed by atoms with E-state index in [2.05, 4.69) is 25.6 Å². The summed E-state index contributed by atoms with van der Waals surface area (Å²) in [5.41, 5.74) is 4.94. The second kappa shape index (κ2) is 7.63. The number of methoxy groups -OCH3 is 1. The molecule has 0 aliphatic rings. The highest BCUT2D eigenvalue weighted by Crippen LogP contribution is 2.36. The van der Waals surface area contributed by atoms with E-state index in [-0.39, 0.29) is 5.91 Å². The fourth-order valence-electron chi connectivity index (χ4n) is 3.22. The summed E-state index contributed by atoms with van der Waals surface area (Å²) in [5.74, 6) is 1.06. The highest BCUT2D eigenvalue weighted by Gasteiger charge is 2.14. The Kier molecular flexibility index (Phi) is 4.87. The standard InChI is InChI=1S/C22H21N5O2/c1-13-6-7-15(26-21(28)18-5-4-8-24-18)10-16(13)17-9-14-12-25-22(23-2)27-19(14)11-20(17)29-3/h4-12,24H,1-3H3,(H,26,28)(H,23,25,27). The lowest BCUT2D eigenvalue weighted by Gasteiger charge is -2.14. The molecule has 0 aliphatic heterocycles. The minimum atomic E-state index is -0.191. The Morgan fingerprint density at radius 2 is 2.00 bits per heavy atom. The van der Waals surface area contributed by atoms with Gasteiger partial charge in [-0.1, -0.05) is 6.07 Å². The first-order chi connectivity index (χ1) is 14.1. The van der Waals surface area contributed by atoms with Gasteiger partial charge in [0, 0.05) is 42.1 Å². The average Bonchev–Trinajstić information content (AvgIpc) is 3.29. The van der Waals surface area contributed by atoms with Crippen LogP contribution in [0.4, 0.5) is 11.6 Å². The second-order valence-corrected chi connectivity index (χ2v) is 6.62. The van der Waals surface area contributed by atoms with Gasteiger partial charge in [0.2, 0.25) is 5.95 Å². The Hall–Kier alpha value is -3.87. The van der Waals surface area contributed by atoms with E-state index in [0.717, 1.165) is 27.6 Å². The second-order valence-electron chi connectivity index (χ2n) is 6.62. The molecule has 0 spiro atoms. The maximum Gasteiger partial charge on any atom is 0.272 e. The molecule has 0 radical (unpaired) electrons. The number of nitrogens with zero attached hydrogens (tertiary/aromatic N) is 2. The molecule has 0 atom stereocenters. The van der Waals surface area contributed by atoms with E-state index in [1.165, 1.54) is 0 Å². The van der Waals surface area contributed by atoms with Crippen molar-refractivity contribution in [3.63, 3.8) is 0 Å². The number of rotatable bonds is 5. The number of aryl methyl sites for hydroxylation is 1. The van der Waals surface area contributed by atoms with Gasteiger partial charge in [-0.3, -0.25) is 4.79 Å². The SMILES string of the molecule is CNc1ncc2cc(-c3cc(NC(=O)c4ccc[nH]4)ccc3C)c(OC)cc2n1. The van der Waals surface area contributed by atoms with Crippen LogP contribution in [0, 0.1) is 6.92 Å². The Labute approximate surface area is 168 Å². The molecule has 0 fully saturated rings. The fraction of sp³-hybridized carbons (Fsp3) is 0.136. The van der Waals surface area contributed by atoms with Crippen LogP contribution >= 0.6 is 0 Å². The van der Waals surface area contributed by atoms with E-state index in [4.69, 9.17) is 4.74 Å². The molecule has 1 amide bonds. The van der Waals surface area contributed by atoms with Gasteiger partial charge in [0.1, 0.15) is 11.4 Å². The summed E-state index contributed by atoms with van der Waals surface area (Å²) in [7, 11) is 3.42. The van der Waals surface area contributed by atoms with Crippen molar-refractivity contribution >= 4 is 28.4 Å². The van der Waals surface area contributed by atoms with Crippen LogP contribution < -0.4 is 15.4 Å². The number of nitrogens with one attached hydrogen (secondary N) is 3. The number of benzene rings is 2. The maximum absolute atomic E-state index is 12.4. The largest absolute Gasteiger partial charge is 0.496 e. The van der Waals surface area contributed by atoms with Crippen LogP contribution in [0.3, 0.4) is 0 Å². The zero-order valence-electron chi connectivity index (χ0n) is 16.4. The van der Waals surface area contributed by atoms with Crippen LogP contribution in [0.15, 0.2) is 54.9 Å². The third kappa shape index (κ3) is 3.62. The van der Waals surface area contributed by atoms with Crippen LogP contribution in [-0.2, 0) is 0 Å². The molecule has 2 aromatic carbocycles. The molecular weight excluding hydrogens is 366 g/mol. The number of amides is 1. The van der Waals surface area contributed by atoms with Gasteiger partial charge >= 0.3 is 0 Å². The number of H-pyrrole nitrogens is 1. The molecule has 29 heavy (non-hydrogen) atoms. The van der Waals surface area contributed by atoms with Gasteiger partial charge in [0.15, 0.2) is 0 Å². The van der Waals surface area contributed by atoms with Gasteiger partial charge in [-0.05, 0) is 48.4 Å². The summed E-state index contributed by atoms with van der Waals surface area (Å²) in [5, 5.41) is 6.77. The first-order valence-electron chi connectivity index (χ1n) is 9.17. The average molecular weight is 387 g/mol. The Balaban J connectivity index is 1.77. The first kappa shape index (κ1) is 18.5. The third-order valence-electron chi connectivity index (χ3n) is 4.75. The maximum atomic E-state index is 12.4. The lowest BCUT2D eigenvalue weighted by molar-refractivity contribution is 0.102. The van der Waals surface area contributed by atoms with E-state index >= 15 is 0 Å². The molecule has 146 valence electrons. The Bertz CT molecular complexity index is 1190. The van der Waals surface area contributed by atoms with Gasteiger partial charge in [-0.25, -0.2) is 9.97 Å². The number of carbonyl (C=O) groups excluding carboxylic acids is 1. The van der Waals surface area contributed by atoms with E-state index in [1.807, 2.05) is 37.3 Å². The van der Waals surface area contributed by atoms with Crippen LogP contribution in [-0.4, -0.2) is 35.0 Å². The summed E-state index contributed by atoms with van der Waals surface area (Å²) in [6.07, 6.45) is 3.50. The van der Waals surface area contributed by atoms with Crippen molar-refractivity contribution in [2.75, 3.05) is 24.8 Å². The predicted octanol–water partition coefficient (Wildman–Crippen LogP) is 4.24. The number of aromatic nitrogens is 3. The quantitative estimate of drug-likeness (QED) is 0.476. The molecule has 7 heteroatoms. The molecule has 2 aromatic heterocycles. The molecule has 4 rings (SSSR count). The molecule has 2 heterocycles. The number of hydrogen-bond donors (Lipinski definition) is 3. The van der Waals surface area contributed by atoms with Gasteiger partial charge in [-0.2, -0.15) is 0 Å². The monoisotopic (exact) mass is 387 g/mol.